The number of anilines is 1. The fourth-order valence-corrected chi connectivity index (χ4v) is 4.21. The van der Waals surface area contributed by atoms with Gasteiger partial charge in [0.1, 0.15) is 4.21 Å². The first-order valence-corrected chi connectivity index (χ1v) is 9.84. The highest BCUT2D eigenvalue weighted by Crippen LogP contribution is 2.37. The second kappa shape index (κ2) is 7.29. The average Bonchev–Trinajstić information content (AvgIpc) is 2.93. The van der Waals surface area contributed by atoms with E-state index in [0.29, 0.717) is 6.54 Å². The second-order valence-corrected chi connectivity index (χ2v) is 8.87. The molecule has 130 valence electrons. The molecule has 1 unspecified atom stereocenters. The van der Waals surface area contributed by atoms with E-state index in [1.54, 1.807) is 0 Å². The molecular formula is C15H19N3O4S2. The minimum absolute atomic E-state index is 0.00501. The maximum absolute atomic E-state index is 11.6. The van der Waals surface area contributed by atoms with Gasteiger partial charge in [0, 0.05) is 18.9 Å². The largest absolute Gasteiger partial charge is 0.369 e. The zero-order chi connectivity index (χ0) is 17.9. The third-order valence-electron chi connectivity index (χ3n) is 3.52. The van der Waals surface area contributed by atoms with Gasteiger partial charge in [-0.3, -0.25) is 10.1 Å². The lowest BCUT2D eigenvalue weighted by Crippen LogP contribution is -2.26. The molecular weight excluding hydrogens is 350 g/mol. The Bertz CT molecular complexity index is 816. The van der Waals surface area contributed by atoms with Crippen molar-refractivity contribution < 1.29 is 13.3 Å². The third-order valence-corrected chi connectivity index (χ3v) is 6.40. The second-order valence-electron chi connectivity index (χ2n) is 5.58. The highest BCUT2D eigenvalue weighted by Gasteiger charge is 2.24. The van der Waals surface area contributed by atoms with Crippen LogP contribution in [-0.2, 0) is 9.84 Å². The van der Waals surface area contributed by atoms with E-state index in [-0.39, 0.29) is 20.9 Å². The van der Waals surface area contributed by atoms with Crippen LogP contribution >= 0.6 is 11.3 Å². The topological polar surface area (TPSA) is 92.6 Å². The SMILES string of the molecule is CN(C)C(CNc1sc(S(C)(=O)=O)cc1[N+](=O)[O-])c1ccccc1. The molecule has 2 rings (SSSR count). The van der Waals surface area contributed by atoms with E-state index in [2.05, 4.69) is 5.32 Å². The van der Waals surface area contributed by atoms with Gasteiger partial charge in [0.05, 0.1) is 11.0 Å². The molecule has 0 spiro atoms. The fraction of sp³-hybridized carbons (Fsp3) is 0.333. The molecule has 1 aromatic carbocycles. The van der Waals surface area contributed by atoms with Crippen LogP contribution in [0.3, 0.4) is 0 Å². The van der Waals surface area contributed by atoms with Crippen molar-refractivity contribution in [3.05, 3.63) is 52.1 Å². The Morgan fingerprint density at radius 3 is 2.42 bits per heavy atom. The molecule has 7 nitrogen and oxygen atoms in total. The van der Waals surface area contributed by atoms with Gasteiger partial charge in [-0.05, 0) is 19.7 Å². The van der Waals surface area contributed by atoms with Gasteiger partial charge in [-0.15, -0.1) is 0 Å². The number of rotatable bonds is 7. The lowest BCUT2D eigenvalue weighted by Gasteiger charge is -2.25. The van der Waals surface area contributed by atoms with E-state index in [4.69, 9.17) is 0 Å². The Kier molecular flexibility index (Phi) is 5.58. The van der Waals surface area contributed by atoms with Crippen LogP contribution in [-0.4, -0.2) is 45.1 Å². The van der Waals surface area contributed by atoms with Crippen LogP contribution in [0.4, 0.5) is 10.7 Å². The number of nitrogens with one attached hydrogen (secondary N) is 1. The molecule has 0 saturated heterocycles. The van der Waals surface area contributed by atoms with Crippen molar-refractivity contribution in [2.45, 2.75) is 10.3 Å². The van der Waals surface area contributed by atoms with Gasteiger partial charge in [-0.1, -0.05) is 41.7 Å². The van der Waals surface area contributed by atoms with Crippen molar-refractivity contribution >= 4 is 31.9 Å². The molecule has 0 radical (unpaired) electrons. The van der Waals surface area contributed by atoms with Gasteiger partial charge >= 0.3 is 5.69 Å². The zero-order valence-corrected chi connectivity index (χ0v) is 15.2. The van der Waals surface area contributed by atoms with E-state index in [1.807, 2.05) is 49.3 Å². The predicted octanol–water partition coefficient (Wildman–Crippen LogP) is 2.77. The number of thiophene rings is 1. The van der Waals surface area contributed by atoms with E-state index in [9.17, 15) is 18.5 Å². The Morgan fingerprint density at radius 2 is 1.92 bits per heavy atom. The fourth-order valence-electron chi connectivity index (χ4n) is 2.27. The first kappa shape index (κ1) is 18.4. The third kappa shape index (κ3) is 4.31. The number of hydrogen-bond donors (Lipinski definition) is 1. The molecule has 0 bridgehead atoms. The van der Waals surface area contributed by atoms with Crippen LogP contribution in [0.15, 0.2) is 40.6 Å². The Balaban J connectivity index is 2.27. The minimum atomic E-state index is -3.48. The summed E-state index contributed by atoms with van der Waals surface area (Å²) >= 11 is 0.884. The number of nitrogens with zero attached hydrogens (tertiary/aromatic N) is 2. The molecule has 9 heteroatoms. The Labute approximate surface area is 145 Å². The van der Waals surface area contributed by atoms with Gasteiger partial charge in [-0.2, -0.15) is 0 Å². The number of benzene rings is 1. The van der Waals surface area contributed by atoms with Crippen molar-refractivity contribution in [3.63, 3.8) is 0 Å². The standard InChI is InChI=1S/C15H19N3O4S2/c1-17(2)13(11-7-5-4-6-8-11)10-16-15-12(18(19)20)9-14(23-15)24(3,21)22/h4-9,13,16H,10H2,1-3H3. The normalized spacial score (nSPS) is 13.0. The highest BCUT2D eigenvalue weighted by molar-refractivity contribution is 7.92. The van der Waals surface area contributed by atoms with Gasteiger partial charge in [0.2, 0.25) is 0 Å². The summed E-state index contributed by atoms with van der Waals surface area (Å²) in [6, 6.07) is 10.9. The van der Waals surface area contributed by atoms with Crippen molar-refractivity contribution in [2.75, 3.05) is 32.2 Å². The van der Waals surface area contributed by atoms with Crippen molar-refractivity contribution in [3.8, 4) is 0 Å². The monoisotopic (exact) mass is 369 g/mol. The summed E-state index contributed by atoms with van der Waals surface area (Å²) in [5.41, 5.74) is 0.850. The van der Waals surface area contributed by atoms with Crippen LogP contribution in [0, 0.1) is 10.1 Å². The lowest BCUT2D eigenvalue weighted by atomic mass is 10.1. The van der Waals surface area contributed by atoms with Gasteiger partial charge < -0.3 is 10.2 Å². The summed E-state index contributed by atoms with van der Waals surface area (Å²) in [6.45, 7) is 0.418. The quantitative estimate of drug-likeness (QED) is 0.596. The number of hydrogen-bond acceptors (Lipinski definition) is 7. The van der Waals surface area contributed by atoms with Crippen LogP contribution < -0.4 is 5.32 Å². The summed E-state index contributed by atoms with van der Waals surface area (Å²) in [7, 11) is 0.360. The maximum Gasteiger partial charge on any atom is 0.304 e. The molecule has 0 amide bonds. The molecule has 0 saturated carbocycles. The summed E-state index contributed by atoms with van der Waals surface area (Å²) in [4.78, 5) is 12.6. The molecule has 24 heavy (non-hydrogen) atoms. The van der Waals surface area contributed by atoms with E-state index < -0.39 is 14.8 Å². The van der Waals surface area contributed by atoms with Gasteiger partial charge in [0.25, 0.3) is 0 Å². The summed E-state index contributed by atoms with van der Waals surface area (Å²) in [5.74, 6) is 0. The lowest BCUT2D eigenvalue weighted by molar-refractivity contribution is -0.383. The number of sulfone groups is 1. The molecule has 0 aliphatic carbocycles. The molecule has 1 N–H and O–H groups in total. The number of likely N-dealkylation sites (N-methyl/N-ethyl adjacent to an activating group) is 1. The smallest absolute Gasteiger partial charge is 0.304 e. The molecule has 1 atom stereocenters. The van der Waals surface area contributed by atoms with Crippen molar-refractivity contribution in [2.24, 2.45) is 0 Å². The van der Waals surface area contributed by atoms with E-state index >= 15 is 0 Å². The number of nitro groups is 1. The zero-order valence-electron chi connectivity index (χ0n) is 13.6. The first-order valence-electron chi connectivity index (χ1n) is 7.13. The molecule has 0 aliphatic rings. The maximum atomic E-state index is 11.6. The van der Waals surface area contributed by atoms with Gasteiger partial charge in [0.15, 0.2) is 14.8 Å². The predicted molar refractivity (Wildman–Crippen MR) is 95.4 cm³/mol. The molecule has 0 fully saturated rings. The van der Waals surface area contributed by atoms with Crippen LogP contribution in [0.25, 0.3) is 0 Å². The summed E-state index contributed by atoms with van der Waals surface area (Å²) < 4.78 is 23.3. The first-order chi connectivity index (χ1) is 11.2. The molecule has 1 heterocycles. The highest BCUT2D eigenvalue weighted by atomic mass is 32.2. The van der Waals surface area contributed by atoms with Crippen LogP contribution in [0.1, 0.15) is 11.6 Å². The Morgan fingerprint density at radius 1 is 1.29 bits per heavy atom. The van der Waals surface area contributed by atoms with Crippen LogP contribution in [0.2, 0.25) is 0 Å². The van der Waals surface area contributed by atoms with Crippen LogP contribution in [0.5, 0.6) is 0 Å². The summed E-state index contributed by atoms with van der Waals surface area (Å²) in [5, 5.41) is 14.5. The Hall–Kier alpha value is -1.97. The van der Waals surface area contributed by atoms with Crippen molar-refractivity contribution in [1.82, 2.24) is 4.90 Å². The minimum Gasteiger partial charge on any atom is -0.369 e. The molecule has 2 aromatic rings. The van der Waals surface area contributed by atoms with Crippen molar-refractivity contribution in [1.29, 1.82) is 0 Å². The van der Waals surface area contributed by atoms with Gasteiger partial charge in [-0.25, -0.2) is 8.42 Å². The average molecular weight is 369 g/mol. The summed E-state index contributed by atoms with van der Waals surface area (Å²) in [6.07, 6.45) is 1.04. The molecule has 0 aliphatic heterocycles. The van der Waals surface area contributed by atoms with E-state index in [0.717, 1.165) is 29.2 Å². The van der Waals surface area contributed by atoms with E-state index in [1.165, 1.54) is 0 Å². The molecule has 1 aromatic heterocycles.